The van der Waals surface area contributed by atoms with E-state index in [-0.39, 0.29) is 18.9 Å². The topological polar surface area (TPSA) is 228 Å². The van der Waals surface area contributed by atoms with Gasteiger partial charge in [-0.1, -0.05) is 351 Å². The van der Waals surface area contributed by atoms with Crippen LogP contribution < -0.4 is 5.32 Å². The summed E-state index contributed by atoms with van der Waals surface area (Å²) < 4.78 is 22.9. The van der Waals surface area contributed by atoms with Gasteiger partial charge in [0.05, 0.1) is 32.0 Å². The minimum Gasteiger partial charge on any atom is -0.394 e. The van der Waals surface area contributed by atoms with Gasteiger partial charge in [0.25, 0.3) is 0 Å². The van der Waals surface area contributed by atoms with E-state index in [2.05, 4.69) is 55.6 Å². The van der Waals surface area contributed by atoms with Crippen molar-refractivity contribution in [3.8, 4) is 0 Å². The zero-order chi connectivity index (χ0) is 68.7. The van der Waals surface area contributed by atoms with Gasteiger partial charge in [-0.2, -0.15) is 0 Å². The van der Waals surface area contributed by atoms with Crippen LogP contribution in [0.15, 0.2) is 48.6 Å². The molecule has 9 N–H and O–H groups in total. The predicted octanol–water partition coefficient (Wildman–Crippen LogP) is 18.2. The first-order chi connectivity index (χ1) is 46.6. The predicted molar refractivity (Wildman–Crippen MR) is 392 cm³/mol. The molecule has 0 aromatic carbocycles. The average molecular weight is 1350 g/mol. The number of hydrogen-bond acceptors (Lipinski definition) is 13. The van der Waals surface area contributed by atoms with Gasteiger partial charge in [-0.25, -0.2) is 0 Å². The number of ether oxygens (including phenoxy) is 4. The third-order valence-electron chi connectivity index (χ3n) is 19.8. The van der Waals surface area contributed by atoms with Crippen molar-refractivity contribution in [1.82, 2.24) is 5.32 Å². The quantitative estimate of drug-likeness (QED) is 0.0204. The standard InChI is InChI=1S/C81H151NO13/c1-3-5-7-9-11-13-15-17-19-21-23-25-27-29-31-33-34-35-36-37-39-41-43-45-47-49-51-53-55-57-59-61-63-65-73(86)82-69(68-92-80-78(91)76(89)79(72(67-84)94-80)95-81-77(90)75(88)74(87)71(66-83)93-81)70(85)64-62-60-58-56-54-52-50-48-46-44-42-40-38-32-30-28-26-24-22-20-18-16-14-12-10-8-6-4-2/h15,17,21,23,27,29,62,64,69-72,74-81,83-85,87-91H,3-14,16,18-20,22,24-26,28,30-61,63,65-68H2,1-2H3,(H,82,86)/b17-15-,23-21-,29-27-,64-62+. The molecule has 2 saturated heterocycles. The maximum atomic E-state index is 13.4. The first-order valence-electron chi connectivity index (χ1n) is 40.4. The summed E-state index contributed by atoms with van der Waals surface area (Å²) in [4.78, 5) is 13.4. The van der Waals surface area contributed by atoms with Gasteiger partial charge in [-0.15, -0.1) is 0 Å². The van der Waals surface area contributed by atoms with Gasteiger partial charge in [0.1, 0.15) is 48.8 Å². The number of unbranched alkanes of at least 4 members (excludes halogenated alkanes) is 49. The molecule has 2 aliphatic rings. The number of amides is 1. The highest BCUT2D eigenvalue weighted by Gasteiger charge is 2.51. The lowest BCUT2D eigenvalue weighted by Gasteiger charge is -2.46. The van der Waals surface area contributed by atoms with E-state index in [1.54, 1.807) is 6.08 Å². The Morgan fingerprint density at radius 2 is 0.695 bits per heavy atom. The molecule has 558 valence electrons. The van der Waals surface area contributed by atoms with E-state index in [0.29, 0.717) is 6.42 Å². The molecule has 0 saturated carbocycles. The molecular weight excluding hydrogens is 1190 g/mol. The Bertz CT molecular complexity index is 1780. The molecule has 12 atom stereocenters. The molecule has 1 amide bonds. The first kappa shape index (κ1) is 89.0. The first-order valence-corrected chi connectivity index (χ1v) is 40.4. The summed E-state index contributed by atoms with van der Waals surface area (Å²) in [5.74, 6) is -0.233. The smallest absolute Gasteiger partial charge is 0.220 e. The van der Waals surface area contributed by atoms with E-state index < -0.39 is 86.8 Å². The van der Waals surface area contributed by atoms with Gasteiger partial charge in [0, 0.05) is 6.42 Å². The van der Waals surface area contributed by atoms with Crippen LogP contribution in [0.5, 0.6) is 0 Å². The Morgan fingerprint density at radius 3 is 1.06 bits per heavy atom. The van der Waals surface area contributed by atoms with Crippen molar-refractivity contribution in [2.45, 2.75) is 441 Å². The number of aliphatic hydroxyl groups excluding tert-OH is 8. The molecule has 0 spiro atoms. The van der Waals surface area contributed by atoms with Crippen molar-refractivity contribution < 1.29 is 64.6 Å². The van der Waals surface area contributed by atoms with Crippen LogP contribution in [-0.2, 0) is 23.7 Å². The molecule has 14 nitrogen and oxygen atoms in total. The fraction of sp³-hybridized carbons (Fsp3) is 0.889. The molecule has 2 heterocycles. The van der Waals surface area contributed by atoms with Crippen LogP contribution in [-0.4, -0.2) is 140 Å². The summed E-state index contributed by atoms with van der Waals surface area (Å²) in [6, 6.07) is -0.917. The van der Waals surface area contributed by atoms with Gasteiger partial charge >= 0.3 is 0 Å². The fourth-order valence-corrected chi connectivity index (χ4v) is 13.4. The minimum absolute atomic E-state index is 0.233. The van der Waals surface area contributed by atoms with Crippen LogP contribution in [0.3, 0.4) is 0 Å². The fourth-order valence-electron chi connectivity index (χ4n) is 13.4. The molecule has 2 aliphatic heterocycles. The van der Waals surface area contributed by atoms with E-state index in [4.69, 9.17) is 18.9 Å². The second-order valence-electron chi connectivity index (χ2n) is 28.5. The van der Waals surface area contributed by atoms with Crippen molar-refractivity contribution in [1.29, 1.82) is 0 Å². The number of allylic oxidation sites excluding steroid dienone is 7. The largest absolute Gasteiger partial charge is 0.394 e. The molecule has 0 aromatic rings. The van der Waals surface area contributed by atoms with E-state index in [1.165, 1.54) is 289 Å². The molecule has 95 heavy (non-hydrogen) atoms. The molecule has 0 radical (unpaired) electrons. The van der Waals surface area contributed by atoms with Gasteiger partial charge in [0.15, 0.2) is 12.6 Å². The Morgan fingerprint density at radius 1 is 0.379 bits per heavy atom. The van der Waals surface area contributed by atoms with E-state index in [9.17, 15) is 45.6 Å². The van der Waals surface area contributed by atoms with Crippen LogP contribution in [0.2, 0.25) is 0 Å². The second-order valence-corrected chi connectivity index (χ2v) is 28.5. The normalized spacial score (nSPS) is 22.5. The molecule has 0 aromatic heterocycles. The molecule has 12 unspecified atom stereocenters. The van der Waals surface area contributed by atoms with Gasteiger partial charge in [-0.05, 0) is 57.8 Å². The van der Waals surface area contributed by atoms with Gasteiger partial charge < -0.3 is 65.1 Å². The number of carbonyl (C=O) groups excluding carboxylic acids is 1. The Kier molecular flexibility index (Phi) is 61.2. The summed E-state index contributed by atoms with van der Waals surface area (Å²) in [5.41, 5.74) is 0. The maximum Gasteiger partial charge on any atom is 0.220 e. The summed E-state index contributed by atoms with van der Waals surface area (Å²) in [6.07, 6.45) is 70.5. The van der Waals surface area contributed by atoms with Gasteiger partial charge in [-0.3, -0.25) is 4.79 Å². The van der Waals surface area contributed by atoms with Crippen molar-refractivity contribution in [3.63, 3.8) is 0 Å². The zero-order valence-corrected chi connectivity index (χ0v) is 61.2. The summed E-state index contributed by atoms with van der Waals surface area (Å²) in [6.45, 7) is 2.85. The summed E-state index contributed by atoms with van der Waals surface area (Å²) in [7, 11) is 0. The SMILES string of the molecule is CCCCCCC/C=C\C/C=C\C/C=C\CCCCCCCCCCCCCCCCCCCCC(=O)NC(COC1OC(CO)C(OC2OC(CO)C(O)C(O)C2O)C(O)C1O)C(O)/C=C/CCCCCCCCCCCCCCCCCCCCCCCCCCCC. The average Bonchev–Trinajstić information content (AvgIpc) is 0.801. The van der Waals surface area contributed by atoms with Crippen LogP contribution in [0.1, 0.15) is 367 Å². The minimum atomic E-state index is -1.79. The third kappa shape index (κ3) is 48.4. The molecular formula is C81H151NO13. The van der Waals surface area contributed by atoms with Crippen LogP contribution in [0.25, 0.3) is 0 Å². The number of hydrogen-bond donors (Lipinski definition) is 9. The highest BCUT2D eigenvalue weighted by molar-refractivity contribution is 5.76. The lowest BCUT2D eigenvalue weighted by atomic mass is 9.97. The van der Waals surface area contributed by atoms with E-state index >= 15 is 0 Å². The summed E-state index contributed by atoms with van der Waals surface area (Å²) in [5, 5.41) is 87.7. The molecule has 2 rings (SSSR count). The molecule has 0 aliphatic carbocycles. The van der Waals surface area contributed by atoms with Crippen molar-refractivity contribution in [2.75, 3.05) is 19.8 Å². The zero-order valence-electron chi connectivity index (χ0n) is 61.2. The van der Waals surface area contributed by atoms with Crippen molar-refractivity contribution in [2.24, 2.45) is 0 Å². The van der Waals surface area contributed by atoms with Crippen LogP contribution >= 0.6 is 0 Å². The number of nitrogens with one attached hydrogen (secondary N) is 1. The lowest BCUT2D eigenvalue weighted by molar-refractivity contribution is -0.359. The van der Waals surface area contributed by atoms with Crippen molar-refractivity contribution >= 4 is 5.91 Å². The maximum absolute atomic E-state index is 13.4. The molecule has 14 heteroatoms. The number of rotatable bonds is 68. The van der Waals surface area contributed by atoms with Crippen molar-refractivity contribution in [3.05, 3.63) is 48.6 Å². The second kappa shape index (κ2) is 65.3. The van der Waals surface area contributed by atoms with Gasteiger partial charge in [0.2, 0.25) is 5.91 Å². The van der Waals surface area contributed by atoms with Crippen LogP contribution in [0.4, 0.5) is 0 Å². The highest BCUT2D eigenvalue weighted by Crippen LogP contribution is 2.30. The lowest BCUT2D eigenvalue weighted by Crippen LogP contribution is -2.65. The third-order valence-corrected chi connectivity index (χ3v) is 19.8. The number of carbonyl (C=O) groups is 1. The van der Waals surface area contributed by atoms with E-state index in [0.717, 1.165) is 51.4 Å². The Labute approximate surface area is 582 Å². The molecule has 0 bridgehead atoms. The monoisotopic (exact) mass is 1350 g/mol. The highest BCUT2D eigenvalue weighted by atomic mass is 16.7. The Hall–Kier alpha value is -2.05. The van der Waals surface area contributed by atoms with E-state index in [1.807, 2.05) is 6.08 Å². The van der Waals surface area contributed by atoms with Crippen LogP contribution in [0, 0.1) is 0 Å². The Balaban J connectivity index is 1.62. The molecule has 2 fully saturated rings. The number of aliphatic hydroxyl groups is 8. The summed E-state index contributed by atoms with van der Waals surface area (Å²) >= 11 is 0.